The van der Waals surface area contributed by atoms with E-state index in [1.165, 1.54) is 11.3 Å². The van der Waals surface area contributed by atoms with E-state index in [4.69, 9.17) is 4.74 Å². The number of hydrogen-bond donors (Lipinski definition) is 0. The van der Waals surface area contributed by atoms with E-state index in [2.05, 4.69) is 4.98 Å². The molecule has 0 aromatic carbocycles. The summed E-state index contributed by atoms with van der Waals surface area (Å²) < 4.78 is 5.16. The molecule has 0 aliphatic carbocycles. The molecule has 1 saturated heterocycles. The maximum atomic E-state index is 11.7. The van der Waals surface area contributed by atoms with Crippen molar-refractivity contribution in [1.29, 1.82) is 0 Å². The van der Waals surface area contributed by atoms with Gasteiger partial charge in [-0.3, -0.25) is 4.79 Å². The van der Waals surface area contributed by atoms with E-state index >= 15 is 0 Å². The smallest absolute Gasteiger partial charge is 0.282 e. The van der Waals surface area contributed by atoms with Crippen LogP contribution in [0.4, 0.5) is 0 Å². The Morgan fingerprint density at radius 1 is 1.54 bits per heavy atom. The van der Waals surface area contributed by atoms with Gasteiger partial charge in [-0.2, -0.15) is 0 Å². The molecule has 1 aromatic heterocycles. The molecule has 1 amide bonds. The van der Waals surface area contributed by atoms with Crippen LogP contribution in [-0.4, -0.2) is 42.1 Å². The van der Waals surface area contributed by atoms with Gasteiger partial charge in [-0.05, 0) is 0 Å². The summed E-state index contributed by atoms with van der Waals surface area (Å²) in [6.07, 6.45) is 1.65. The van der Waals surface area contributed by atoms with Crippen LogP contribution in [0.2, 0.25) is 0 Å². The number of amides is 1. The van der Waals surface area contributed by atoms with Crippen molar-refractivity contribution in [2.45, 2.75) is 0 Å². The normalized spacial score (nSPS) is 17.4. The van der Waals surface area contributed by atoms with Gasteiger partial charge in [0.2, 0.25) is 0 Å². The lowest BCUT2D eigenvalue weighted by Crippen LogP contribution is -2.40. The van der Waals surface area contributed by atoms with Crippen LogP contribution in [0.5, 0.6) is 0 Å². The van der Waals surface area contributed by atoms with Gasteiger partial charge in [0.05, 0.1) is 13.2 Å². The van der Waals surface area contributed by atoms with Crippen LogP contribution in [0.25, 0.3) is 0 Å². The molecule has 2 rings (SSSR count). The molecule has 0 N–H and O–H groups in total. The lowest BCUT2D eigenvalue weighted by molar-refractivity contribution is 0.0302. The Hall–Kier alpha value is -0.940. The van der Waals surface area contributed by atoms with Crippen LogP contribution in [0, 0.1) is 0 Å². The van der Waals surface area contributed by atoms with E-state index < -0.39 is 0 Å². The van der Waals surface area contributed by atoms with Gasteiger partial charge >= 0.3 is 0 Å². The molecule has 0 unspecified atom stereocenters. The number of ether oxygens (including phenoxy) is 1. The van der Waals surface area contributed by atoms with Crippen molar-refractivity contribution >= 4 is 17.2 Å². The summed E-state index contributed by atoms with van der Waals surface area (Å²) in [5, 5.41) is 2.38. The number of nitrogens with zero attached hydrogens (tertiary/aromatic N) is 2. The van der Waals surface area contributed by atoms with Gasteiger partial charge in [-0.1, -0.05) is 0 Å². The van der Waals surface area contributed by atoms with Crippen molar-refractivity contribution in [3.63, 3.8) is 0 Å². The second kappa shape index (κ2) is 3.85. The van der Waals surface area contributed by atoms with E-state index in [1.807, 2.05) is 5.38 Å². The first-order valence-corrected chi connectivity index (χ1v) is 5.02. The number of morpholine rings is 1. The lowest BCUT2D eigenvalue weighted by atomic mass is 10.4. The molecule has 13 heavy (non-hydrogen) atoms. The number of thiazole rings is 1. The number of rotatable bonds is 1. The second-order valence-corrected chi connectivity index (χ2v) is 3.64. The molecule has 1 aromatic rings. The largest absolute Gasteiger partial charge is 0.378 e. The topological polar surface area (TPSA) is 42.4 Å². The molecule has 1 fully saturated rings. The molecule has 0 radical (unpaired) electrons. The van der Waals surface area contributed by atoms with Gasteiger partial charge in [0, 0.05) is 24.7 Å². The fraction of sp³-hybridized carbons (Fsp3) is 0.500. The van der Waals surface area contributed by atoms with Gasteiger partial charge < -0.3 is 9.64 Å². The SMILES string of the molecule is O=C(c1nccs1)N1CCOCC1. The Kier molecular flexibility index (Phi) is 2.56. The summed E-state index contributed by atoms with van der Waals surface area (Å²) in [7, 11) is 0. The van der Waals surface area contributed by atoms with Crippen molar-refractivity contribution in [3.8, 4) is 0 Å². The van der Waals surface area contributed by atoms with Crippen molar-refractivity contribution in [3.05, 3.63) is 16.6 Å². The third-order valence-corrected chi connectivity index (χ3v) is 2.67. The van der Waals surface area contributed by atoms with Gasteiger partial charge in [-0.25, -0.2) is 4.98 Å². The summed E-state index contributed by atoms with van der Waals surface area (Å²) >= 11 is 1.38. The number of carbonyl (C=O) groups is 1. The van der Waals surface area contributed by atoms with Crippen molar-refractivity contribution < 1.29 is 9.53 Å². The zero-order valence-electron chi connectivity index (χ0n) is 7.10. The number of hydrogen-bond acceptors (Lipinski definition) is 4. The molecule has 4 nitrogen and oxygen atoms in total. The van der Waals surface area contributed by atoms with Crippen LogP contribution in [0.3, 0.4) is 0 Å². The van der Waals surface area contributed by atoms with Crippen LogP contribution < -0.4 is 0 Å². The quantitative estimate of drug-likeness (QED) is 0.664. The van der Waals surface area contributed by atoms with Gasteiger partial charge in [-0.15, -0.1) is 11.3 Å². The average Bonchev–Trinajstić information content (AvgIpc) is 2.71. The van der Waals surface area contributed by atoms with Gasteiger partial charge in [0.15, 0.2) is 5.01 Å². The first-order valence-electron chi connectivity index (χ1n) is 4.14. The molecule has 1 aliphatic heterocycles. The Bertz CT molecular complexity index is 280. The Balaban J connectivity index is 2.04. The van der Waals surface area contributed by atoms with Crippen molar-refractivity contribution in [2.75, 3.05) is 26.3 Å². The summed E-state index contributed by atoms with van der Waals surface area (Å²) in [5.74, 6) is 0.0262. The van der Waals surface area contributed by atoms with Gasteiger partial charge in [0.25, 0.3) is 5.91 Å². The second-order valence-electron chi connectivity index (χ2n) is 2.74. The van der Waals surface area contributed by atoms with Crippen molar-refractivity contribution in [2.24, 2.45) is 0 Å². The van der Waals surface area contributed by atoms with Crippen molar-refractivity contribution in [1.82, 2.24) is 9.88 Å². The predicted octanol–water partition coefficient (Wildman–Crippen LogP) is 0.616. The summed E-state index contributed by atoms with van der Waals surface area (Å²) in [6.45, 7) is 2.63. The average molecular weight is 198 g/mol. The Labute approximate surface area is 80.1 Å². The molecule has 0 saturated carbocycles. The zero-order valence-corrected chi connectivity index (χ0v) is 7.92. The zero-order chi connectivity index (χ0) is 9.10. The highest BCUT2D eigenvalue weighted by Gasteiger charge is 2.19. The van der Waals surface area contributed by atoms with Crippen LogP contribution in [0.1, 0.15) is 9.80 Å². The molecular weight excluding hydrogens is 188 g/mol. The van der Waals surface area contributed by atoms with Gasteiger partial charge in [0.1, 0.15) is 0 Å². The van der Waals surface area contributed by atoms with E-state index in [-0.39, 0.29) is 5.91 Å². The molecule has 0 spiro atoms. The van der Waals surface area contributed by atoms with E-state index in [0.29, 0.717) is 31.3 Å². The van der Waals surface area contributed by atoms with Crippen LogP contribution >= 0.6 is 11.3 Å². The first kappa shape index (κ1) is 8.65. The fourth-order valence-electron chi connectivity index (χ4n) is 1.23. The van der Waals surface area contributed by atoms with E-state index in [1.54, 1.807) is 11.1 Å². The third-order valence-electron chi connectivity index (χ3n) is 1.91. The molecule has 5 heteroatoms. The molecule has 0 bridgehead atoms. The molecule has 70 valence electrons. The summed E-state index contributed by atoms with van der Waals surface area (Å²) in [6, 6.07) is 0. The minimum absolute atomic E-state index is 0.0262. The third kappa shape index (κ3) is 1.87. The summed E-state index contributed by atoms with van der Waals surface area (Å²) in [4.78, 5) is 17.4. The summed E-state index contributed by atoms with van der Waals surface area (Å²) in [5.41, 5.74) is 0. The van der Waals surface area contributed by atoms with E-state index in [9.17, 15) is 4.79 Å². The Morgan fingerprint density at radius 2 is 2.31 bits per heavy atom. The minimum atomic E-state index is 0.0262. The molecule has 0 atom stereocenters. The monoisotopic (exact) mass is 198 g/mol. The maximum absolute atomic E-state index is 11.7. The molecule has 1 aliphatic rings. The minimum Gasteiger partial charge on any atom is -0.378 e. The number of carbonyl (C=O) groups excluding carboxylic acids is 1. The molecular formula is C8H10N2O2S. The lowest BCUT2D eigenvalue weighted by Gasteiger charge is -2.25. The van der Waals surface area contributed by atoms with Crippen LogP contribution in [-0.2, 0) is 4.74 Å². The highest BCUT2D eigenvalue weighted by atomic mass is 32.1. The first-order chi connectivity index (χ1) is 6.38. The maximum Gasteiger partial charge on any atom is 0.282 e. The Morgan fingerprint density at radius 3 is 2.92 bits per heavy atom. The van der Waals surface area contributed by atoms with Crippen LogP contribution in [0.15, 0.2) is 11.6 Å². The van der Waals surface area contributed by atoms with E-state index in [0.717, 1.165) is 0 Å². The standard InChI is InChI=1S/C8H10N2O2S/c11-8(7-9-1-6-13-7)10-2-4-12-5-3-10/h1,6H,2-5H2. The fourth-order valence-corrected chi connectivity index (χ4v) is 1.83. The molecule has 2 heterocycles. The highest BCUT2D eigenvalue weighted by molar-refractivity contribution is 7.11. The number of aromatic nitrogens is 1. The predicted molar refractivity (Wildman–Crippen MR) is 48.8 cm³/mol. The highest BCUT2D eigenvalue weighted by Crippen LogP contribution is 2.09.